The molecule has 1 aliphatic heterocycles. The summed E-state index contributed by atoms with van der Waals surface area (Å²) in [5, 5.41) is 15.9. The quantitative estimate of drug-likeness (QED) is 0.713. The summed E-state index contributed by atoms with van der Waals surface area (Å²) in [4.78, 5) is 11.4. The molecule has 2 rings (SSSR count). The highest BCUT2D eigenvalue weighted by molar-refractivity contribution is 5.94. The first-order valence-electron chi connectivity index (χ1n) is 7.49. The Morgan fingerprint density at radius 1 is 1.33 bits per heavy atom. The van der Waals surface area contributed by atoms with E-state index in [9.17, 15) is 9.90 Å². The van der Waals surface area contributed by atoms with Gasteiger partial charge in [-0.2, -0.15) is 0 Å². The van der Waals surface area contributed by atoms with Crippen molar-refractivity contribution in [1.29, 1.82) is 0 Å². The standard InChI is InChI=1S/C16H24N2O3/c1-11(2)8-17-9-13(19)10-21-14-5-3-12-4-6-16(20)18-15(12)7-14/h3,5,7,11,13,17,19H,4,6,8-10H2,1-2H3,(H,18,20). The van der Waals surface area contributed by atoms with Crippen LogP contribution in [0.2, 0.25) is 0 Å². The summed E-state index contributed by atoms with van der Waals surface area (Å²) in [5.41, 5.74) is 1.94. The maximum atomic E-state index is 11.4. The van der Waals surface area contributed by atoms with Crippen molar-refractivity contribution < 1.29 is 14.6 Å². The van der Waals surface area contributed by atoms with Crippen LogP contribution in [0.5, 0.6) is 5.75 Å². The molecule has 5 nitrogen and oxygen atoms in total. The lowest BCUT2D eigenvalue weighted by atomic mass is 10.0. The van der Waals surface area contributed by atoms with Gasteiger partial charge in [-0.15, -0.1) is 0 Å². The van der Waals surface area contributed by atoms with Crippen molar-refractivity contribution >= 4 is 11.6 Å². The smallest absolute Gasteiger partial charge is 0.224 e. The summed E-state index contributed by atoms with van der Waals surface area (Å²) >= 11 is 0. The van der Waals surface area contributed by atoms with E-state index in [1.165, 1.54) is 0 Å². The maximum Gasteiger partial charge on any atom is 0.224 e. The molecular weight excluding hydrogens is 268 g/mol. The molecule has 0 aliphatic carbocycles. The number of nitrogens with one attached hydrogen (secondary N) is 2. The number of fused-ring (bicyclic) bond motifs is 1. The fourth-order valence-corrected chi connectivity index (χ4v) is 2.23. The van der Waals surface area contributed by atoms with Crippen LogP contribution in [0.25, 0.3) is 0 Å². The van der Waals surface area contributed by atoms with Gasteiger partial charge >= 0.3 is 0 Å². The topological polar surface area (TPSA) is 70.6 Å². The number of rotatable bonds is 7. The number of hydrogen-bond acceptors (Lipinski definition) is 4. The van der Waals surface area contributed by atoms with E-state index < -0.39 is 6.10 Å². The van der Waals surface area contributed by atoms with Crippen molar-refractivity contribution in [2.24, 2.45) is 5.92 Å². The highest BCUT2D eigenvalue weighted by Crippen LogP contribution is 2.27. The van der Waals surface area contributed by atoms with Gasteiger partial charge in [0.05, 0.1) is 0 Å². The van der Waals surface area contributed by atoms with E-state index in [4.69, 9.17) is 4.74 Å². The number of hydrogen-bond donors (Lipinski definition) is 3. The zero-order chi connectivity index (χ0) is 15.2. The molecule has 0 saturated carbocycles. The first-order chi connectivity index (χ1) is 10.0. The molecule has 0 bridgehead atoms. The van der Waals surface area contributed by atoms with Gasteiger partial charge in [-0.1, -0.05) is 19.9 Å². The lowest BCUT2D eigenvalue weighted by Crippen LogP contribution is -2.33. The molecule has 1 aromatic rings. The number of anilines is 1. The molecule has 21 heavy (non-hydrogen) atoms. The third kappa shape index (κ3) is 5.02. The van der Waals surface area contributed by atoms with Gasteiger partial charge in [0, 0.05) is 24.7 Å². The van der Waals surface area contributed by atoms with Crippen molar-refractivity contribution in [3.8, 4) is 5.75 Å². The summed E-state index contributed by atoms with van der Waals surface area (Å²) in [5.74, 6) is 1.26. The molecule has 0 fully saturated rings. The monoisotopic (exact) mass is 292 g/mol. The zero-order valence-electron chi connectivity index (χ0n) is 12.7. The summed E-state index contributed by atoms with van der Waals surface area (Å²) in [6, 6.07) is 5.67. The molecule has 3 N–H and O–H groups in total. The van der Waals surface area contributed by atoms with Gasteiger partial charge in [-0.25, -0.2) is 0 Å². The Hall–Kier alpha value is -1.59. The third-order valence-corrected chi connectivity index (χ3v) is 3.35. The summed E-state index contributed by atoms with van der Waals surface area (Å²) in [6.07, 6.45) is 0.755. The van der Waals surface area contributed by atoms with Crippen LogP contribution in [-0.4, -0.2) is 36.8 Å². The van der Waals surface area contributed by atoms with Gasteiger partial charge in [-0.3, -0.25) is 4.79 Å². The van der Waals surface area contributed by atoms with E-state index in [0.717, 1.165) is 24.2 Å². The molecule has 0 spiro atoms. The molecule has 1 amide bonds. The SMILES string of the molecule is CC(C)CNCC(O)COc1ccc2c(c1)NC(=O)CC2. The number of ether oxygens (including phenoxy) is 1. The number of amides is 1. The largest absolute Gasteiger partial charge is 0.491 e. The van der Waals surface area contributed by atoms with E-state index in [1.807, 2.05) is 18.2 Å². The number of aryl methyl sites for hydroxylation is 1. The number of carbonyl (C=O) groups excluding carboxylic acids is 1. The lowest BCUT2D eigenvalue weighted by molar-refractivity contribution is -0.116. The molecule has 1 aromatic carbocycles. The van der Waals surface area contributed by atoms with Crippen molar-refractivity contribution in [1.82, 2.24) is 5.32 Å². The second-order valence-corrected chi connectivity index (χ2v) is 5.88. The van der Waals surface area contributed by atoms with Crippen LogP contribution in [0, 0.1) is 5.92 Å². The number of aliphatic hydroxyl groups excluding tert-OH is 1. The average Bonchev–Trinajstić information content (AvgIpc) is 2.44. The van der Waals surface area contributed by atoms with Gasteiger partial charge in [0.2, 0.25) is 5.91 Å². The van der Waals surface area contributed by atoms with E-state index >= 15 is 0 Å². The number of benzene rings is 1. The molecule has 0 saturated heterocycles. The molecule has 116 valence electrons. The van der Waals surface area contributed by atoms with E-state index in [1.54, 1.807) is 0 Å². The van der Waals surface area contributed by atoms with Crippen molar-refractivity contribution in [2.45, 2.75) is 32.8 Å². The Morgan fingerprint density at radius 3 is 2.90 bits per heavy atom. The minimum atomic E-state index is -0.547. The van der Waals surface area contributed by atoms with Crippen LogP contribution in [-0.2, 0) is 11.2 Å². The molecular formula is C16H24N2O3. The molecule has 5 heteroatoms. The number of carbonyl (C=O) groups is 1. The highest BCUT2D eigenvalue weighted by atomic mass is 16.5. The fourth-order valence-electron chi connectivity index (χ4n) is 2.23. The van der Waals surface area contributed by atoms with E-state index in [-0.39, 0.29) is 12.5 Å². The molecule has 0 aromatic heterocycles. The van der Waals surface area contributed by atoms with Crippen molar-refractivity contribution in [3.63, 3.8) is 0 Å². The second kappa shape index (κ2) is 7.43. The van der Waals surface area contributed by atoms with Crippen LogP contribution in [0.15, 0.2) is 18.2 Å². The van der Waals surface area contributed by atoms with Crippen LogP contribution < -0.4 is 15.4 Å². The van der Waals surface area contributed by atoms with Crippen LogP contribution in [0.3, 0.4) is 0 Å². The Morgan fingerprint density at radius 2 is 2.14 bits per heavy atom. The molecule has 1 atom stereocenters. The predicted molar refractivity (Wildman–Crippen MR) is 82.6 cm³/mol. The van der Waals surface area contributed by atoms with E-state index in [0.29, 0.717) is 24.6 Å². The molecule has 0 radical (unpaired) electrons. The molecule has 1 unspecified atom stereocenters. The normalized spacial score (nSPS) is 15.5. The van der Waals surface area contributed by atoms with Gasteiger partial charge in [0.1, 0.15) is 18.5 Å². The molecule has 1 heterocycles. The van der Waals surface area contributed by atoms with Crippen molar-refractivity contribution in [2.75, 3.05) is 25.0 Å². The first kappa shape index (κ1) is 15.8. The van der Waals surface area contributed by atoms with Gasteiger partial charge < -0.3 is 20.5 Å². The fraction of sp³-hybridized carbons (Fsp3) is 0.562. The van der Waals surface area contributed by atoms with Gasteiger partial charge in [-0.05, 0) is 30.5 Å². The summed E-state index contributed by atoms with van der Waals surface area (Å²) in [7, 11) is 0. The second-order valence-electron chi connectivity index (χ2n) is 5.88. The van der Waals surface area contributed by atoms with Gasteiger partial charge in [0.15, 0.2) is 0 Å². The Kier molecular flexibility index (Phi) is 5.59. The Labute approximate surface area is 125 Å². The summed E-state index contributed by atoms with van der Waals surface area (Å²) in [6.45, 7) is 5.87. The minimum Gasteiger partial charge on any atom is -0.491 e. The van der Waals surface area contributed by atoms with Crippen LogP contribution >= 0.6 is 0 Å². The van der Waals surface area contributed by atoms with Crippen LogP contribution in [0.1, 0.15) is 25.8 Å². The zero-order valence-corrected chi connectivity index (χ0v) is 12.7. The van der Waals surface area contributed by atoms with Gasteiger partial charge in [0.25, 0.3) is 0 Å². The Bertz CT molecular complexity index is 488. The average molecular weight is 292 g/mol. The van der Waals surface area contributed by atoms with Crippen molar-refractivity contribution in [3.05, 3.63) is 23.8 Å². The maximum absolute atomic E-state index is 11.4. The van der Waals surface area contributed by atoms with E-state index in [2.05, 4.69) is 24.5 Å². The highest BCUT2D eigenvalue weighted by Gasteiger charge is 2.15. The van der Waals surface area contributed by atoms with Crippen LogP contribution in [0.4, 0.5) is 5.69 Å². The first-order valence-corrected chi connectivity index (χ1v) is 7.49. The number of aliphatic hydroxyl groups is 1. The summed E-state index contributed by atoms with van der Waals surface area (Å²) < 4.78 is 5.59. The molecule has 1 aliphatic rings. The predicted octanol–water partition coefficient (Wildman–Crippen LogP) is 1.56. The minimum absolute atomic E-state index is 0.0394. The lowest BCUT2D eigenvalue weighted by Gasteiger charge is -2.19. The third-order valence-electron chi connectivity index (χ3n) is 3.35. The Balaban J connectivity index is 1.80.